The number of benzene rings is 2. The molecule has 182 valence electrons. The maximum absolute atomic E-state index is 14.3. The third-order valence-corrected chi connectivity index (χ3v) is 8.87. The molecule has 1 amide bonds. The van der Waals surface area contributed by atoms with Crippen LogP contribution in [0.4, 0.5) is 9.52 Å². The first-order chi connectivity index (χ1) is 16.9. The Morgan fingerprint density at radius 1 is 1.23 bits per heavy atom. The highest BCUT2D eigenvalue weighted by Crippen LogP contribution is 2.34. The zero-order valence-corrected chi connectivity index (χ0v) is 20.4. The molecule has 0 aliphatic carbocycles. The number of amides is 1. The highest BCUT2D eigenvalue weighted by Gasteiger charge is 2.42. The van der Waals surface area contributed by atoms with Crippen LogP contribution in [0.5, 0.6) is 5.75 Å². The van der Waals surface area contributed by atoms with Crippen molar-refractivity contribution in [1.29, 1.82) is 0 Å². The summed E-state index contributed by atoms with van der Waals surface area (Å²) in [6.07, 6.45) is 2.39. The molecule has 1 atom stereocenters. The molecule has 35 heavy (non-hydrogen) atoms. The van der Waals surface area contributed by atoms with Crippen LogP contribution in [-0.2, 0) is 21.4 Å². The Bertz CT molecular complexity index is 1450. The Labute approximate surface area is 205 Å². The van der Waals surface area contributed by atoms with E-state index in [0.29, 0.717) is 29.1 Å². The van der Waals surface area contributed by atoms with E-state index >= 15 is 0 Å². The van der Waals surface area contributed by atoms with Crippen LogP contribution in [0.2, 0.25) is 0 Å². The fourth-order valence-electron chi connectivity index (χ4n) is 4.15. The number of carbonyl (C=O) groups excluding carboxylic acids is 1. The summed E-state index contributed by atoms with van der Waals surface area (Å²) < 4.78 is 53.6. The molecule has 0 radical (unpaired) electrons. The number of carbonyl (C=O) groups is 1. The SMILES string of the molecule is COc1ccc(S(=O)(=O)N2CCCC2C(=O)N(Cc2ccco2)c2nc3c(F)cccc3s2)cc1. The average Bonchev–Trinajstić information content (AvgIpc) is 3.63. The summed E-state index contributed by atoms with van der Waals surface area (Å²) in [4.78, 5) is 19.7. The van der Waals surface area contributed by atoms with Gasteiger partial charge in [-0.2, -0.15) is 4.31 Å². The molecule has 4 aromatic rings. The van der Waals surface area contributed by atoms with E-state index in [9.17, 15) is 17.6 Å². The molecule has 3 heterocycles. The Morgan fingerprint density at radius 3 is 2.71 bits per heavy atom. The smallest absolute Gasteiger partial charge is 0.247 e. The van der Waals surface area contributed by atoms with Crippen molar-refractivity contribution in [2.45, 2.75) is 30.3 Å². The van der Waals surface area contributed by atoms with Crippen LogP contribution >= 0.6 is 11.3 Å². The molecule has 8 nitrogen and oxygen atoms in total. The van der Waals surface area contributed by atoms with Gasteiger partial charge in [-0.3, -0.25) is 9.69 Å². The number of para-hydroxylation sites is 1. The number of aromatic nitrogens is 1. The van der Waals surface area contributed by atoms with Gasteiger partial charge in [0, 0.05) is 6.54 Å². The van der Waals surface area contributed by atoms with Crippen molar-refractivity contribution in [2.75, 3.05) is 18.6 Å². The lowest BCUT2D eigenvalue weighted by molar-refractivity contribution is -0.121. The zero-order valence-electron chi connectivity index (χ0n) is 18.8. The van der Waals surface area contributed by atoms with Crippen LogP contribution in [-0.4, -0.2) is 43.3 Å². The summed E-state index contributed by atoms with van der Waals surface area (Å²) in [6, 6.07) is 13.2. The Hall–Kier alpha value is -3.28. The number of hydrogen-bond acceptors (Lipinski definition) is 7. The minimum Gasteiger partial charge on any atom is -0.497 e. The third-order valence-electron chi connectivity index (χ3n) is 5.90. The number of halogens is 1. The van der Waals surface area contributed by atoms with Gasteiger partial charge >= 0.3 is 0 Å². The van der Waals surface area contributed by atoms with Crippen molar-refractivity contribution in [3.63, 3.8) is 0 Å². The van der Waals surface area contributed by atoms with Gasteiger partial charge in [-0.25, -0.2) is 17.8 Å². The van der Waals surface area contributed by atoms with E-state index in [-0.39, 0.29) is 28.6 Å². The molecular formula is C24H22FN3O5S2. The van der Waals surface area contributed by atoms with Gasteiger partial charge in [0.05, 0.1) is 29.5 Å². The lowest BCUT2D eigenvalue weighted by Gasteiger charge is -2.28. The van der Waals surface area contributed by atoms with Crippen molar-refractivity contribution >= 4 is 42.6 Å². The Balaban J connectivity index is 1.50. The van der Waals surface area contributed by atoms with Gasteiger partial charge in [-0.15, -0.1) is 0 Å². The molecule has 1 saturated heterocycles. The van der Waals surface area contributed by atoms with Crippen LogP contribution in [0.25, 0.3) is 10.2 Å². The molecule has 0 bridgehead atoms. The van der Waals surface area contributed by atoms with Gasteiger partial charge in [-0.1, -0.05) is 17.4 Å². The van der Waals surface area contributed by atoms with Crippen LogP contribution in [0.1, 0.15) is 18.6 Å². The minimum atomic E-state index is -3.94. The number of hydrogen-bond donors (Lipinski definition) is 0. The third kappa shape index (κ3) is 4.42. The van der Waals surface area contributed by atoms with Crippen molar-refractivity contribution in [3.05, 3.63) is 72.4 Å². The first kappa shape index (κ1) is 23.5. The maximum atomic E-state index is 14.3. The molecule has 11 heteroatoms. The summed E-state index contributed by atoms with van der Waals surface area (Å²) in [6.45, 7) is 0.258. The minimum absolute atomic E-state index is 0.0419. The van der Waals surface area contributed by atoms with Crippen molar-refractivity contribution < 1.29 is 26.8 Å². The molecule has 1 unspecified atom stereocenters. The fourth-order valence-corrected chi connectivity index (χ4v) is 6.79. The predicted molar refractivity (Wildman–Crippen MR) is 129 cm³/mol. The number of thiazole rings is 1. The second-order valence-corrected chi connectivity index (χ2v) is 10.9. The number of anilines is 1. The first-order valence-electron chi connectivity index (χ1n) is 10.9. The van der Waals surface area contributed by atoms with Gasteiger partial charge in [0.25, 0.3) is 0 Å². The van der Waals surface area contributed by atoms with Crippen LogP contribution in [0.3, 0.4) is 0 Å². The number of methoxy groups -OCH3 is 1. The van der Waals surface area contributed by atoms with E-state index in [4.69, 9.17) is 9.15 Å². The van der Waals surface area contributed by atoms with Crippen LogP contribution in [0.15, 0.2) is 70.2 Å². The summed E-state index contributed by atoms with van der Waals surface area (Å²) in [5, 5.41) is 0.278. The van der Waals surface area contributed by atoms with Gasteiger partial charge in [0.2, 0.25) is 15.9 Å². The molecular weight excluding hydrogens is 493 g/mol. The van der Waals surface area contributed by atoms with E-state index in [0.717, 1.165) is 0 Å². The van der Waals surface area contributed by atoms with Gasteiger partial charge in [0.15, 0.2) is 5.13 Å². The summed E-state index contributed by atoms with van der Waals surface area (Å²) >= 11 is 1.17. The number of furan rings is 1. The lowest BCUT2D eigenvalue weighted by Crippen LogP contribution is -2.47. The molecule has 1 fully saturated rings. The molecule has 1 aliphatic heterocycles. The number of fused-ring (bicyclic) bond motifs is 1. The number of sulfonamides is 1. The van der Waals surface area contributed by atoms with E-state index < -0.39 is 27.8 Å². The zero-order chi connectivity index (χ0) is 24.6. The molecule has 0 N–H and O–H groups in total. The molecule has 2 aromatic carbocycles. The van der Waals surface area contributed by atoms with Gasteiger partial charge < -0.3 is 9.15 Å². The highest BCUT2D eigenvalue weighted by atomic mass is 32.2. The van der Waals surface area contributed by atoms with E-state index in [1.165, 1.54) is 52.1 Å². The van der Waals surface area contributed by atoms with E-state index in [1.54, 1.807) is 36.4 Å². The molecule has 1 aliphatic rings. The second kappa shape index (κ2) is 9.40. The predicted octanol–water partition coefficient (Wildman–Crippen LogP) is 4.42. The standard InChI is InChI=1S/C24H22FN3O5S2/c1-32-16-9-11-18(12-10-16)35(30,31)28-13-3-7-20(28)23(29)27(15-17-5-4-14-33-17)24-26-22-19(25)6-2-8-21(22)34-24/h2,4-6,8-12,14,20H,3,7,13,15H2,1H3. The molecule has 0 saturated carbocycles. The number of rotatable bonds is 7. The fraction of sp³-hybridized carbons (Fsp3) is 0.250. The summed E-state index contributed by atoms with van der Waals surface area (Å²) in [7, 11) is -2.44. The first-order valence-corrected chi connectivity index (χ1v) is 13.2. The Morgan fingerprint density at radius 2 is 2.03 bits per heavy atom. The maximum Gasteiger partial charge on any atom is 0.247 e. The second-order valence-electron chi connectivity index (χ2n) is 8.04. The Kier molecular flexibility index (Phi) is 6.30. The van der Waals surface area contributed by atoms with E-state index in [2.05, 4.69) is 4.98 Å². The monoisotopic (exact) mass is 515 g/mol. The van der Waals surface area contributed by atoms with Crippen molar-refractivity contribution in [3.8, 4) is 5.75 Å². The van der Waals surface area contributed by atoms with Crippen LogP contribution < -0.4 is 9.64 Å². The highest BCUT2D eigenvalue weighted by molar-refractivity contribution is 7.89. The molecule has 0 spiro atoms. The molecule has 5 rings (SSSR count). The quantitative estimate of drug-likeness (QED) is 0.362. The van der Waals surface area contributed by atoms with Crippen molar-refractivity contribution in [2.24, 2.45) is 0 Å². The largest absolute Gasteiger partial charge is 0.497 e. The summed E-state index contributed by atoms with van der Waals surface area (Å²) in [5.74, 6) is 0.113. The normalized spacial score (nSPS) is 16.6. The van der Waals surface area contributed by atoms with Crippen molar-refractivity contribution in [1.82, 2.24) is 9.29 Å². The number of nitrogens with zero attached hydrogens (tertiary/aromatic N) is 3. The number of ether oxygens (including phenoxy) is 1. The van der Waals surface area contributed by atoms with Gasteiger partial charge in [0.1, 0.15) is 28.9 Å². The average molecular weight is 516 g/mol. The van der Waals surface area contributed by atoms with Gasteiger partial charge in [-0.05, 0) is 61.4 Å². The summed E-state index contributed by atoms with van der Waals surface area (Å²) in [5.41, 5.74) is 0.166. The molecule has 2 aromatic heterocycles. The lowest BCUT2D eigenvalue weighted by atomic mass is 10.2. The topological polar surface area (TPSA) is 93.0 Å². The van der Waals surface area contributed by atoms with E-state index in [1.807, 2.05) is 0 Å². The van der Waals surface area contributed by atoms with Crippen LogP contribution in [0, 0.1) is 5.82 Å².